The van der Waals surface area contributed by atoms with Crippen LogP contribution in [0.25, 0.3) is 11.1 Å². The molecule has 1 amide bonds. The average Bonchev–Trinajstić information content (AvgIpc) is 3.11. The number of hydrogen-bond acceptors (Lipinski definition) is 4. The SMILES string of the molecule is CN(Cc1ccccc1)C[C@H](NC(=O)OCC1c2ccccc2-c2ccccc21)C(=O)O. The molecule has 3 aromatic carbocycles. The first kappa shape index (κ1) is 21.6. The summed E-state index contributed by atoms with van der Waals surface area (Å²) in [6.45, 7) is 0.886. The smallest absolute Gasteiger partial charge is 0.407 e. The van der Waals surface area contributed by atoms with E-state index in [-0.39, 0.29) is 19.1 Å². The fourth-order valence-electron chi connectivity index (χ4n) is 4.24. The second-order valence-electron chi connectivity index (χ2n) is 8.04. The monoisotopic (exact) mass is 430 g/mol. The minimum atomic E-state index is -1.10. The van der Waals surface area contributed by atoms with Gasteiger partial charge in [0, 0.05) is 19.0 Å². The van der Waals surface area contributed by atoms with Crippen molar-refractivity contribution in [1.29, 1.82) is 0 Å². The van der Waals surface area contributed by atoms with E-state index in [4.69, 9.17) is 4.74 Å². The van der Waals surface area contributed by atoms with Gasteiger partial charge in [0.2, 0.25) is 0 Å². The Balaban J connectivity index is 1.37. The van der Waals surface area contributed by atoms with Crippen LogP contribution in [0, 0.1) is 0 Å². The molecule has 32 heavy (non-hydrogen) atoms. The summed E-state index contributed by atoms with van der Waals surface area (Å²) in [6.07, 6.45) is -0.729. The van der Waals surface area contributed by atoms with Gasteiger partial charge in [0.25, 0.3) is 0 Å². The van der Waals surface area contributed by atoms with Crippen molar-refractivity contribution in [2.24, 2.45) is 0 Å². The van der Waals surface area contributed by atoms with E-state index in [1.165, 1.54) is 0 Å². The van der Waals surface area contributed by atoms with Crippen LogP contribution in [0.15, 0.2) is 78.9 Å². The maximum atomic E-state index is 12.5. The zero-order valence-corrected chi connectivity index (χ0v) is 17.9. The number of carboxylic acids is 1. The van der Waals surface area contributed by atoms with Crippen LogP contribution in [0.5, 0.6) is 0 Å². The number of carbonyl (C=O) groups is 2. The minimum absolute atomic E-state index is 0.0721. The van der Waals surface area contributed by atoms with Gasteiger partial charge in [-0.1, -0.05) is 78.9 Å². The van der Waals surface area contributed by atoms with Crippen LogP contribution >= 0.6 is 0 Å². The lowest BCUT2D eigenvalue weighted by atomic mass is 9.98. The van der Waals surface area contributed by atoms with E-state index in [9.17, 15) is 14.7 Å². The zero-order chi connectivity index (χ0) is 22.5. The Hall–Kier alpha value is -3.64. The first-order chi connectivity index (χ1) is 15.5. The van der Waals surface area contributed by atoms with Crippen molar-refractivity contribution in [3.8, 4) is 11.1 Å². The molecule has 1 aliphatic carbocycles. The molecule has 2 N–H and O–H groups in total. The Kier molecular flexibility index (Phi) is 6.52. The third kappa shape index (κ3) is 4.81. The van der Waals surface area contributed by atoms with Crippen LogP contribution in [0.2, 0.25) is 0 Å². The summed E-state index contributed by atoms with van der Waals surface area (Å²) in [6, 6.07) is 24.8. The molecular weight excluding hydrogens is 404 g/mol. The molecule has 1 atom stereocenters. The standard InChI is InChI=1S/C26H26N2O4/c1-28(15-18-9-3-2-4-10-18)16-24(25(29)30)27-26(31)32-17-23-21-13-7-5-11-19(21)20-12-6-8-14-22(20)23/h2-14,23-24H,15-17H2,1H3,(H,27,31)(H,29,30)/t24-/m0/s1. The maximum absolute atomic E-state index is 12.5. The highest BCUT2D eigenvalue weighted by molar-refractivity contribution is 5.81. The normalized spacial score (nSPS) is 13.3. The largest absolute Gasteiger partial charge is 0.480 e. The number of benzene rings is 3. The van der Waals surface area contributed by atoms with E-state index in [2.05, 4.69) is 17.4 Å². The summed E-state index contributed by atoms with van der Waals surface area (Å²) < 4.78 is 5.49. The number of amides is 1. The zero-order valence-electron chi connectivity index (χ0n) is 17.9. The molecule has 6 heteroatoms. The van der Waals surface area contributed by atoms with Crippen molar-refractivity contribution in [2.45, 2.75) is 18.5 Å². The fourth-order valence-corrected chi connectivity index (χ4v) is 4.24. The topological polar surface area (TPSA) is 78.9 Å². The Morgan fingerprint density at radius 1 is 0.938 bits per heavy atom. The average molecular weight is 431 g/mol. The molecule has 0 fully saturated rings. The van der Waals surface area contributed by atoms with Gasteiger partial charge >= 0.3 is 12.1 Å². The van der Waals surface area contributed by atoms with Gasteiger partial charge in [-0.3, -0.25) is 4.90 Å². The van der Waals surface area contributed by atoms with Crippen LogP contribution < -0.4 is 5.32 Å². The summed E-state index contributed by atoms with van der Waals surface area (Å²) in [7, 11) is 1.82. The molecule has 164 valence electrons. The lowest BCUT2D eigenvalue weighted by Crippen LogP contribution is -2.47. The quantitative estimate of drug-likeness (QED) is 0.562. The van der Waals surface area contributed by atoms with Gasteiger partial charge in [0.1, 0.15) is 12.6 Å². The Bertz CT molecular complexity index is 1050. The number of hydrogen-bond donors (Lipinski definition) is 2. The van der Waals surface area contributed by atoms with Gasteiger partial charge < -0.3 is 15.2 Å². The molecule has 3 aromatic rings. The number of likely N-dealkylation sites (N-methyl/N-ethyl adjacent to an activating group) is 1. The van der Waals surface area contributed by atoms with E-state index in [0.29, 0.717) is 6.54 Å². The fraction of sp³-hybridized carbons (Fsp3) is 0.231. The van der Waals surface area contributed by atoms with E-state index in [1.54, 1.807) is 0 Å². The molecule has 0 saturated heterocycles. The lowest BCUT2D eigenvalue weighted by molar-refractivity contribution is -0.139. The van der Waals surface area contributed by atoms with Crippen molar-refractivity contribution in [3.63, 3.8) is 0 Å². The number of alkyl carbamates (subject to hydrolysis) is 1. The van der Waals surface area contributed by atoms with E-state index < -0.39 is 18.1 Å². The summed E-state index contributed by atoms with van der Waals surface area (Å²) >= 11 is 0. The predicted molar refractivity (Wildman–Crippen MR) is 122 cm³/mol. The molecule has 1 aliphatic rings. The molecule has 0 aromatic heterocycles. The Morgan fingerprint density at radius 3 is 2.09 bits per heavy atom. The maximum Gasteiger partial charge on any atom is 0.407 e. The number of rotatable bonds is 8. The highest BCUT2D eigenvalue weighted by Crippen LogP contribution is 2.44. The number of ether oxygens (including phenoxy) is 1. The van der Waals surface area contributed by atoms with Gasteiger partial charge in [0.05, 0.1) is 0 Å². The van der Waals surface area contributed by atoms with Crippen LogP contribution in [-0.2, 0) is 16.1 Å². The van der Waals surface area contributed by atoms with E-state index in [0.717, 1.165) is 27.8 Å². The summed E-state index contributed by atoms with van der Waals surface area (Å²) in [4.78, 5) is 26.0. The molecule has 0 aliphatic heterocycles. The van der Waals surface area contributed by atoms with Crippen LogP contribution in [0.4, 0.5) is 4.79 Å². The van der Waals surface area contributed by atoms with Gasteiger partial charge in [-0.05, 0) is 34.9 Å². The Morgan fingerprint density at radius 2 is 1.50 bits per heavy atom. The van der Waals surface area contributed by atoms with Crippen molar-refractivity contribution < 1.29 is 19.4 Å². The van der Waals surface area contributed by atoms with Crippen LogP contribution in [0.3, 0.4) is 0 Å². The Labute approximate surface area is 187 Å². The highest BCUT2D eigenvalue weighted by Gasteiger charge is 2.30. The number of aliphatic carboxylic acids is 1. The second kappa shape index (κ2) is 9.66. The molecule has 0 saturated carbocycles. The molecule has 6 nitrogen and oxygen atoms in total. The van der Waals surface area contributed by atoms with Gasteiger partial charge in [-0.25, -0.2) is 9.59 Å². The third-order valence-electron chi connectivity index (χ3n) is 5.72. The molecule has 0 radical (unpaired) electrons. The van der Waals surface area contributed by atoms with Crippen molar-refractivity contribution >= 4 is 12.1 Å². The van der Waals surface area contributed by atoms with Gasteiger partial charge in [-0.15, -0.1) is 0 Å². The van der Waals surface area contributed by atoms with Crippen LogP contribution in [0.1, 0.15) is 22.6 Å². The minimum Gasteiger partial charge on any atom is -0.480 e. The molecule has 0 unspecified atom stereocenters. The van der Waals surface area contributed by atoms with E-state index in [1.807, 2.05) is 78.7 Å². The number of nitrogens with zero attached hydrogens (tertiary/aromatic N) is 1. The third-order valence-corrected chi connectivity index (χ3v) is 5.72. The number of fused-ring (bicyclic) bond motifs is 3. The van der Waals surface area contributed by atoms with Crippen LogP contribution in [-0.4, -0.2) is 48.3 Å². The number of carbonyl (C=O) groups excluding carboxylic acids is 1. The van der Waals surface area contributed by atoms with E-state index >= 15 is 0 Å². The number of nitrogens with one attached hydrogen (secondary N) is 1. The molecular formula is C26H26N2O4. The van der Waals surface area contributed by atoms with Crippen molar-refractivity contribution in [1.82, 2.24) is 10.2 Å². The van der Waals surface area contributed by atoms with Crippen molar-refractivity contribution in [2.75, 3.05) is 20.2 Å². The molecule has 0 spiro atoms. The predicted octanol–water partition coefficient (Wildman–Crippen LogP) is 4.11. The summed E-state index contributed by atoms with van der Waals surface area (Å²) in [5.41, 5.74) is 5.57. The molecule has 0 bridgehead atoms. The van der Waals surface area contributed by atoms with Crippen molar-refractivity contribution in [3.05, 3.63) is 95.6 Å². The van der Waals surface area contributed by atoms with Gasteiger partial charge in [0.15, 0.2) is 0 Å². The van der Waals surface area contributed by atoms with Gasteiger partial charge in [-0.2, -0.15) is 0 Å². The molecule has 4 rings (SSSR count). The second-order valence-corrected chi connectivity index (χ2v) is 8.04. The highest BCUT2D eigenvalue weighted by atomic mass is 16.5. The summed E-state index contributed by atoms with van der Waals surface area (Å²) in [5.74, 6) is -1.17. The lowest BCUT2D eigenvalue weighted by Gasteiger charge is -2.22. The summed E-state index contributed by atoms with van der Waals surface area (Å²) in [5, 5.41) is 12.1. The number of carboxylic acid groups (broad SMARTS) is 1. The first-order valence-corrected chi connectivity index (χ1v) is 10.6. The first-order valence-electron chi connectivity index (χ1n) is 10.6. The molecule has 0 heterocycles.